The molecule has 1 aromatic carbocycles. The van der Waals surface area contributed by atoms with E-state index in [1.54, 1.807) is 0 Å². The molecular weight excluding hydrogens is 442 g/mol. The second-order valence-electron chi connectivity index (χ2n) is 8.05. The average molecular weight is 468 g/mol. The maximum absolute atomic E-state index is 13.5. The molecule has 0 saturated heterocycles. The number of thiophene rings is 1. The van der Waals surface area contributed by atoms with E-state index in [4.69, 9.17) is 0 Å². The number of rotatable bonds is 7. The van der Waals surface area contributed by atoms with E-state index in [9.17, 15) is 9.59 Å². The lowest BCUT2D eigenvalue weighted by Gasteiger charge is -2.16. The molecule has 0 spiro atoms. The second kappa shape index (κ2) is 9.30. The Hall–Kier alpha value is -2.91. The zero-order valence-electron chi connectivity index (χ0n) is 18.5. The summed E-state index contributed by atoms with van der Waals surface area (Å²) in [6, 6.07) is 9.12. The summed E-state index contributed by atoms with van der Waals surface area (Å²) in [6.07, 6.45) is 2.73. The minimum absolute atomic E-state index is 0.210. The number of hydrogen-bond acceptors (Lipinski definition) is 7. The van der Waals surface area contributed by atoms with Crippen molar-refractivity contribution in [2.24, 2.45) is 5.92 Å². The first-order valence-electron chi connectivity index (χ1n) is 10.6. The standard InChI is InChI=1S/C23H25N5O2S2/c1-5-16(20(29)25-23-27-26-17(32-23)11-13(2)3)28-12-24-21-19(22(28)30)18(14(4)31-21)15-9-7-6-8-10-15/h6-10,12-13,16H,5,11H2,1-4H3,(H,25,27,29). The van der Waals surface area contributed by atoms with E-state index in [2.05, 4.69) is 34.3 Å². The van der Waals surface area contributed by atoms with Crippen LogP contribution in [0.5, 0.6) is 0 Å². The maximum atomic E-state index is 13.5. The van der Waals surface area contributed by atoms with Crippen molar-refractivity contribution in [3.05, 3.63) is 56.9 Å². The van der Waals surface area contributed by atoms with Crippen LogP contribution in [0.25, 0.3) is 21.3 Å². The van der Waals surface area contributed by atoms with Crippen LogP contribution in [0.1, 0.15) is 43.1 Å². The van der Waals surface area contributed by atoms with E-state index in [1.807, 2.05) is 44.2 Å². The number of benzene rings is 1. The highest BCUT2D eigenvalue weighted by molar-refractivity contribution is 7.19. The Labute approximate surface area is 194 Å². The number of nitrogens with one attached hydrogen (secondary N) is 1. The van der Waals surface area contributed by atoms with Crippen LogP contribution in [-0.4, -0.2) is 25.7 Å². The van der Waals surface area contributed by atoms with Crippen molar-refractivity contribution in [3.8, 4) is 11.1 Å². The fourth-order valence-corrected chi connectivity index (χ4v) is 5.68. The van der Waals surface area contributed by atoms with Crippen LogP contribution in [0, 0.1) is 12.8 Å². The van der Waals surface area contributed by atoms with Crippen molar-refractivity contribution in [1.82, 2.24) is 19.7 Å². The molecule has 0 bridgehead atoms. The molecule has 0 aliphatic heterocycles. The second-order valence-corrected chi connectivity index (χ2v) is 10.3. The topological polar surface area (TPSA) is 89.8 Å². The average Bonchev–Trinajstić information content (AvgIpc) is 3.33. The van der Waals surface area contributed by atoms with E-state index in [0.717, 1.165) is 27.4 Å². The van der Waals surface area contributed by atoms with Gasteiger partial charge in [0.25, 0.3) is 5.56 Å². The Kier molecular flexibility index (Phi) is 6.48. The van der Waals surface area contributed by atoms with Crippen LogP contribution in [-0.2, 0) is 11.2 Å². The molecule has 1 amide bonds. The van der Waals surface area contributed by atoms with Crippen LogP contribution in [0.3, 0.4) is 0 Å². The lowest BCUT2D eigenvalue weighted by atomic mass is 10.0. The predicted octanol–water partition coefficient (Wildman–Crippen LogP) is 5.07. The molecule has 7 nitrogen and oxygen atoms in total. The number of aromatic nitrogens is 4. The molecule has 0 fully saturated rings. The lowest BCUT2D eigenvalue weighted by Crippen LogP contribution is -2.33. The molecule has 1 unspecified atom stereocenters. The third-order valence-electron chi connectivity index (χ3n) is 5.18. The van der Waals surface area contributed by atoms with Crippen LogP contribution in [0.4, 0.5) is 5.13 Å². The molecule has 1 atom stereocenters. The van der Waals surface area contributed by atoms with Crippen LogP contribution in [0.2, 0.25) is 0 Å². The largest absolute Gasteiger partial charge is 0.299 e. The normalized spacial score (nSPS) is 12.4. The zero-order valence-corrected chi connectivity index (χ0v) is 20.1. The minimum atomic E-state index is -0.694. The third-order valence-corrected chi connectivity index (χ3v) is 7.06. The van der Waals surface area contributed by atoms with Gasteiger partial charge in [0, 0.05) is 16.9 Å². The van der Waals surface area contributed by atoms with Gasteiger partial charge in [0.05, 0.1) is 11.7 Å². The van der Waals surface area contributed by atoms with Gasteiger partial charge in [-0.3, -0.25) is 19.5 Å². The summed E-state index contributed by atoms with van der Waals surface area (Å²) in [5, 5.41) is 12.9. The molecule has 0 aliphatic carbocycles. The Morgan fingerprint density at radius 2 is 1.91 bits per heavy atom. The minimum Gasteiger partial charge on any atom is -0.299 e. The molecule has 3 heterocycles. The van der Waals surface area contributed by atoms with E-state index in [0.29, 0.717) is 27.7 Å². The zero-order chi connectivity index (χ0) is 22.8. The van der Waals surface area contributed by atoms with Gasteiger partial charge in [0.15, 0.2) is 0 Å². The quantitative estimate of drug-likeness (QED) is 0.410. The number of carbonyl (C=O) groups is 1. The number of nitrogens with zero attached hydrogens (tertiary/aromatic N) is 4. The molecule has 32 heavy (non-hydrogen) atoms. The van der Waals surface area contributed by atoms with Gasteiger partial charge < -0.3 is 0 Å². The first kappa shape index (κ1) is 22.3. The SMILES string of the molecule is CCC(C(=O)Nc1nnc(CC(C)C)s1)n1cnc2sc(C)c(-c3ccccc3)c2c1=O. The summed E-state index contributed by atoms with van der Waals surface area (Å²) < 4.78 is 1.44. The number of carbonyl (C=O) groups excluding carboxylic acids is 1. The van der Waals surface area contributed by atoms with Gasteiger partial charge in [-0.25, -0.2) is 4.98 Å². The van der Waals surface area contributed by atoms with Gasteiger partial charge in [-0.1, -0.05) is 62.4 Å². The van der Waals surface area contributed by atoms with E-state index < -0.39 is 6.04 Å². The molecule has 3 aromatic heterocycles. The van der Waals surface area contributed by atoms with Crippen molar-refractivity contribution in [1.29, 1.82) is 0 Å². The maximum Gasteiger partial charge on any atom is 0.263 e. The number of fused-ring (bicyclic) bond motifs is 1. The molecule has 0 saturated carbocycles. The van der Waals surface area contributed by atoms with Crippen LogP contribution >= 0.6 is 22.7 Å². The van der Waals surface area contributed by atoms with Crippen molar-refractivity contribution < 1.29 is 4.79 Å². The fraction of sp³-hybridized carbons (Fsp3) is 0.348. The van der Waals surface area contributed by atoms with Crippen LogP contribution < -0.4 is 10.9 Å². The van der Waals surface area contributed by atoms with Crippen molar-refractivity contribution in [3.63, 3.8) is 0 Å². The molecule has 4 aromatic rings. The molecule has 9 heteroatoms. The van der Waals surface area contributed by atoms with Crippen molar-refractivity contribution >= 4 is 43.9 Å². The Morgan fingerprint density at radius 3 is 2.59 bits per heavy atom. The molecule has 4 rings (SSSR count). The monoisotopic (exact) mass is 467 g/mol. The number of anilines is 1. The number of aryl methyl sites for hydroxylation is 1. The highest BCUT2D eigenvalue weighted by Gasteiger charge is 2.24. The predicted molar refractivity (Wildman–Crippen MR) is 130 cm³/mol. The Morgan fingerprint density at radius 1 is 1.16 bits per heavy atom. The summed E-state index contributed by atoms with van der Waals surface area (Å²) in [5.74, 6) is 0.162. The van der Waals surface area contributed by atoms with E-state index >= 15 is 0 Å². The summed E-state index contributed by atoms with van der Waals surface area (Å²) in [7, 11) is 0. The van der Waals surface area contributed by atoms with Crippen molar-refractivity contribution in [2.75, 3.05) is 5.32 Å². The van der Waals surface area contributed by atoms with Crippen molar-refractivity contribution in [2.45, 2.75) is 46.6 Å². The smallest absolute Gasteiger partial charge is 0.263 e. The number of amides is 1. The van der Waals surface area contributed by atoms with Gasteiger partial charge in [0.1, 0.15) is 15.9 Å². The Bertz CT molecular complexity index is 1310. The molecule has 0 radical (unpaired) electrons. The third kappa shape index (κ3) is 4.35. The lowest BCUT2D eigenvalue weighted by molar-refractivity contribution is -0.119. The summed E-state index contributed by atoms with van der Waals surface area (Å²) in [6.45, 7) is 8.09. The van der Waals surface area contributed by atoms with Gasteiger partial charge >= 0.3 is 0 Å². The van der Waals surface area contributed by atoms with Gasteiger partial charge in [-0.2, -0.15) is 0 Å². The molecule has 1 N–H and O–H groups in total. The Balaban J connectivity index is 1.70. The van der Waals surface area contributed by atoms with E-state index in [-0.39, 0.29) is 11.5 Å². The van der Waals surface area contributed by atoms with Gasteiger partial charge in [-0.15, -0.1) is 21.5 Å². The molecular formula is C23H25N5O2S2. The highest BCUT2D eigenvalue weighted by Crippen LogP contribution is 2.35. The summed E-state index contributed by atoms with van der Waals surface area (Å²) in [4.78, 5) is 32.8. The molecule has 0 aliphatic rings. The van der Waals surface area contributed by atoms with E-state index in [1.165, 1.54) is 33.6 Å². The summed E-state index contributed by atoms with van der Waals surface area (Å²) in [5.41, 5.74) is 1.64. The molecule has 166 valence electrons. The first-order valence-corrected chi connectivity index (χ1v) is 12.2. The number of hydrogen-bond donors (Lipinski definition) is 1. The summed E-state index contributed by atoms with van der Waals surface area (Å²) >= 11 is 2.86. The van der Waals surface area contributed by atoms with Gasteiger partial charge in [0.2, 0.25) is 11.0 Å². The first-order chi connectivity index (χ1) is 15.4. The fourth-order valence-electron chi connectivity index (χ4n) is 3.72. The van der Waals surface area contributed by atoms with Crippen LogP contribution in [0.15, 0.2) is 41.5 Å². The highest BCUT2D eigenvalue weighted by atomic mass is 32.1. The van der Waals surface area contributed by atoms with Gasteiger partial charge in [-0.05, 0) is 24.8 Å².